The average molecular weight is 290 g/mol. The lowest BCUT2D eigenvalue weighted by Crippen LogP contribution is -2.24. The molecule has 3 nitrogen and oxygen atoms in total. The van der Waals surface area contributed by atoms with Crippen LogP contribution in [0, 0.1) is 11.8 Å². The Kier molecular flexibility index (Phi) is 6.01. The van der Waals surface area contributed by atoms with Crippen molar-refractivity contribution in [3.05, 3.63) is 18.0 Å². The van der Waals surface area contributed by atoms with E-state index in [-0.39, 0.29) is 5.92 Å². The minimum absolute atomic E-state index is 0.280. The first-order chi connectivity index (χ1) is 10.2. The molecule has 1 fully saturated rings. The number of aromatic nitrogens is 2. The second-order valence-corrected chi connectivity index (χ2v) is 6.54. The number of Topliss-reactive ketones (excluding diaryl/α,β-unsaturated/α-hetero) is 1. The van der Waals surface area contributed by atoms with Crippen molar-refractivity contribution in [3.8, 4) is 0 Å². The highest BCUT2D eigenvalue weighted by molar-refractivity contribution is 5.82. The molecular weight excluding hydrogens is 260 g/mol. The molecule has 2 rings (SSSR count). The van der Waals surface area contributed by atoms with E-state index in [1.165, 1.54) is 19.3 Å². The summed E-state index contributed by atoms with van der Waals surface area (Å²) in [6.45, 7) is 6.62. The molecule has 0 saturated heterocycles. The summed E-state index contributed by atoms with van der Waals surface area (Å²) in [4.78, 5) is 12.5. The number of hydrogen-bond donors (Lipinski definition) is 0. The van der Waals surface area contributed by atoms with Gasteiger partial charge in [-0.05, 0) is 37.7 Å². The summed E-state index contributed by atoms with van der Waals surface area (Å²) in [6, 6.07) is 2.49. The summed E-state index contributed by atoms with van der Waals surface area (Å²) < 4.78 is 2.04. The quantitative estimate of drug-likeness (QED) is 0.737. The van der Waals surface area contributed by atoms with Crippen molar-refractivity contribution in [2.45, 2.75) is 78.2 Å². The Balaban J connectivity index is 1.93. The molecule has 0 N–H and O–H groups in total. The molecule has 0 radical (unpaired) electrons. The third-order valence-corrected chi connectivity index (χ3v) is 5.15. The fraction of sp³-hybridized carbons (Fsp3) is 0.778. The Morgan fingerprint density at radius 3 is 2.76 bits per heavy atom. The number of rotatable bonds is 7. The highest BCUT2D eigenvalue weighted by Gasteiger charge is 2.26. The molecule has 3 heteroatoms. The van der Waals surface area contributed by atoms with Crippen molar-refractivity contribution in [3.63, 3.8) is 0 Å². The van der Waals surface area contributed by atoms with Gasteiger partial charge in [-0.3, -0.25) is 9.48 Å². The molecule has 0 amide bonds. The smallest absolute Gasteiger partial charge is 0.141 e. The van der Waals surface area contributed by atoms with Gasteiger partial charge in [-0.15, -0.1) is 0 Å². The van der Waals surface area contributed by atoms with Crippen molar-refractivity contribution < 1.29 is 4.79 Å². The molecule has 2 unspecified atom stereocenters. The summed E-state index contributed by atoms with van der Waals surface area (Å²) in [5.41, 5.74) is 0.950. The second-order valence-electron chi connectivity index (χ2n) is 6.54. The van der Waals surface area contributed by atoms with E-state index in [0.717, 1.165) is 37.3 Å². The SMILES string of the molecule is CCC1CCCC(C(=O)Cc2ccn(C(CC)CC)n2)C1. The van der Waals surface area contributed by atoms with Crippen LogP contribution in [0.2, 0.25) is 0 Å². The number of carbonyl (C=O) groups is 1. The largest absolute Gasteiger partial charge is 0.299 e. The molecule has 118 valence electrons. The monoisotopic (exact) mass is 290 g/mol. The maximum absolute atomic E-state index is 12.5. The van der Waals surface area contributed by atoms with E-state index in [9.17, 15) is 4.79 Å². The average Bonchev–Trinajstić information content (AvgIpc) is 2.97. The molecule has 0 spiro atoms. The summed E-state index contributed by atoms with van der Waals surface area (Å²) in [6.07, 6.45) is 10.7. The Bertz CT molecular complexity index is 448. The zero-order chi connectivity index (χ0) is 15.2. The number of nitrogens with zero attached hydrogens (tertiary/aromatic N) is 2. The van der Waals surface area contributed by atoms with Gasteiger partial charge >= 0.3 is 0 Å². The molecule has 1 heterocycles. The van der Waals surface area contributed by atoms with E-state index in [1.54, 1.807) is 0 Å². The van der Waals surface area contributed by atoms with E-state index >= 15 is 0 Å². The highest BCUT2D eigenvalue weighted by Crippen LogP contribution is 2.32. The molecule has 1 aromatic rings. The van der Waals surface area contributed by atoms with E-state index < -0.39 is 0 Å². The Labute approximate surface area is 129 Å². The summed E-state index contributed by atoms with van der Waals surface area (Å²) in [5, 5.41) is 4.62. The van der Waals surface area contributed by atoms with Crippen molar-refractivity contribution in [2.24, 2.45) is 11.8 Å². The fourth-order valence-corrected chi connectivity index (χ4v) is 3.61. The second kappa shape index (κ2) is 7.77. The molecule has 0 aliphatic heterocycles. The maximum atomic E-state index is 12.5. The van der Waals surface area contributed by atoms with E-state index in [1.807, 2.05) is 16.9 Å². The van der Waals surface area contributed by atoms with E-state index in [0.29, 0.717) is 18.2 Å². The normalized spacial score (nSPS) is 22.7. The van der Waals surface area contributed by atoms with Crippen molar-refractivity contribution >= 4 is 5.78 Å². The van der Waals surface area contributed by atoms with Gasteiger partial charge in [0, 0.05) is 12.1 Å². The fourth-order valence-electron chi connectivity index (χ4n) is 3.61. The summed E-state index contributed by atoms with van der Waals surface area (Å²) in [5.74, 6) is 1.44. The Hall–Kier alpha value is -1.12. The minimum Gasteiger partial charge on any atom is -0.299 e. The van der Waals surface area contributed by atoms with Gasteiger partial charge in [0.25, 0.3) is 0 Å². The van der Waals surface area contributed by atoms with Crippen LogP contribution in [0.15, 0.2) is 12.3 Å². The van der Waals surface area contributed by atoms with E-state index in [2.05, 4.69) is 25.9 Å². The first-order valence-electron chi connectivity index (χ1n) is 8.74. The molecule has 2 atom stereocenters. The van der Waals surface area contributed by atoms with Gasteiger partial charge in [0.05, 0.1) is 18.2 Å². The summed E-state index contributed by atoms with van der Waals surface area (Å²) in [7, 11) is 0. The molecule has 1 aliphatic carbocycles. The van der Waals surface area contributed by atoms with Gasteiger partial charge < -0.3 is 0 Å². The van der Waals surface area contributed by atoms with Crippen molar-refractivity contribution in [1.82, 2.24) is 9.78 Å². The van der Waals surface area contributed by atoms with Crippen LogP contribution in [-0.2, 0) is 11.2 Å². The van der Waals surface area contributed by atoms with Gasteiger partial charge in [-0.25, -0.2) is 0 Å². The zero-order valence-electron chi connectivity index (χ0n) is 13.8. The van der Waals surface area contributed by atoms with Crippen LogP contribution >= 0.6 is 0 Å². The molecular formula is C18H30N2O. The standard InChI is InChI=1S/C18H30N2O/c1-4-14-8-7-9-15(12-14)18(21)13-16-10-11-20(19-16)17(5-2)6-3/h10-11,14-15,17H,4-9,12-13H2,1-3H3. The lowest BCUT2D eigenvalue weighted by molar-refractivity contribution is -0.123. The van der Waals surface area contributed by atoms with Gasteiger partial charge in [0.15, 0.2) is 0 Å². The van der Waals surface area contributed by atoms with E-state index in [4.69, 9.17) is 0 Å². The molecule has 1 aliphatic rings. The van der Waals surface area contributed by atoms with Crippen LogP contribution in [-0.4, -0.2) is 15.6 Å². The van der Waals surface area contributed by atoms with Gasteiger partial charge in [-0.1, -0.05) is 40.0 Å². The lowest BCUT2D eigenvalue weighted by atomic mass is 9.77. The predicted octanol–water partition coefficient (Wildman–Crippen LogP) is 4.57. The molecule has 0 bridgehead atoms. The lowest BCUT2D eigenvalue weighted by Gasteiger charge is -2.27. The predicted molar refractivity (Wildman–Crippen MR) is 86.3 cm³/mol. The minimum atomic E-state index is 0.280. The van der Waals surface area contributed by atoms with Crippen LogP contribution < -0.4 is 0 Å². The number of ketones is 1. The Morgan fingerprint density at radius 2 is 2.10 bits per heavy atom. The van der Waals surface area contributed by atoms with Crippen molar-refractivity contribution in [1.29, 1.82) is 0 Å². The zero-order valence-corrected chi connectivity index (χ0v) is 13.8. The number of carbonyl (C=O) groups excluding carboxylic acids is 1. The summed E-state index contributed by atoms with van der Waals surface area (Å²) >= 11 is 0. The Morgan fingerprint density at radius 1 is 1.33 bits per heavy atom. The topological polar surface area (TPSA) is 34.9 Å². The van der Waals surface area contributed by atoms with Crippen LogP contribution in [0.25, 0.3) is 0 Å². The van der Waals surface area contributed by atoms with Gasteiger partial charge in [0.1, 0.15) is 5.78 Å². The van der Waals surface area contributed by atoms with Crippen molar-refractivity contribution in [2.75, 3.05) is 0 Å². The molecule has 1 aromatic heterocycles. The van der Waals surface area contributed by atoms with Crippen LogP contribution in [0.4, 0.5) is 0 Å². The molecule has 1 saturated carbocycles. The van der Waals surface area contributed by atoms with Gasteiger partial charge in [0.2, 0.25) is 0 Å². The van der Waals surface area contributed by atoms with Crippen LogP contribution in [0.5, 0.6) is 0 Å². The van der Waals surface area contributed by atoms with Crippen LogP contribution in [0.3, 0.4) is 0 Å². The third kappa shape index (κ3) is 4.18. The maximum Gasteiger partial charge on any atom is 0.141 e. The highest BCUT2D eigenvalue weighted by atomic mass is 16.1. The molecule has 0 aromatic carbocycles. The van der Waals surface area contributed by atoms with Crippen LogP contribution in [0.1, 0.15) is 77.5 Å². The first-order valence-corrected chi connectivity index (χ1v) is 8.74. The third-order valence-electron chi connectivity index (χ3n) is 5.15. The number of hydrogen-bond acceptors (Lipinski definition) is 2. The first kappa shape index (κ1) is 16.3. The molecule has 21 heavy (non-hydrogen) atoms. The van der Waals surface area contributed by atoms with Gasteiger partial charge in [-0.2, -0.15) is 5.10 Å².